The molecule has 1 rings (SSSR count). The van der Waals surface area contributed by atoms with Gasteiger partial charge in [0.2, 0.25) is 0 Å². The lowest BCUT2D eigenvalue weighted by atomic mass is 9.92. The van der Waals surface area contributed by atoms with E-state index >= 15 is 0 Å². The van der Waals surface area contributed by atoms with Crippen molar-refractivity contribution in [3.63, 3.8) is 0 Å². The minimum atomic E-state index is -1.07. The Morgan fingerprint density at radius 3 is 2.61 bits per heavy atom. The molecule has 1 aromatic rings. The largest absolute Gasteiger partial charge is 0.478 e. The molecule has 0 spiro atoms. The average molecular weight is 250 g/mol. The summed E-state index contributed by atoms with van der Waals surface area (Å²) in [5.74, 6) is -1.41. The number of carboxylic acids is 1. The number of aromatic nitrogens is 1. The molecule has 1 heterocycles. The van der Waals surface area contributed by atoms with E-state index in [1.54, 1.807) is 0 Å². The lowest BCUT2D eigenvalue weighted by molar-refractivity contribution is 0.0696. The molecule has 0 aliphatic carbocycles. The van der Waals surface area contributed by atoms with Gasteiger partial charge in [-0.1, -0.05) is 20.8 Å². The summed E-state index contributed by atoms with van der Waals surface area (Å²) >= 11 is 0. The summed E-state index contributed by atoms with van der Waals surface area (Å²) in [6, 6.07) is 2.63. The number of carbonyl (C=O) groups is 2. The van der Waals surface area contributed by atoms with Crippen LogP contribution in [0, 0.1) is 5.41 Å². The molecule has 0 radical (unpaired) electrons. The summed E-state index contributed by atoms with van der Waals surface area (Å²) in [5, 5.41) is 11.5. The van der Waals surface area contributed by atoms with Crippen molar-refractivity contribution in [2.24, 2.45) is 5.41 Å². The van der Waals surface area contributed by atoms with E-state index in [0.717, 1.165) is 6.42 Å². The summed E-state index contributed by atoms with van der Waals surface area (Å²) in [4.78, 5) is 26.4. The molecule has 0 aromatic carbocycles. The Bertz CT molecular complexity index is 450. The Morgan fingerprint density at radius 2 is 2.06 bits per heavy atom. The first kappa shape index (κ1) is 14.2. The molecule has 0 saturated carbocycles. The normalized spacial score (nSPS) is 11.1. The molecule has 0 bridgehead atoms. The predicted molar refractivity (Wildman–Crippen MR) is 67.6 cm³/mol. The number of amides is 1. The van der Waals surface area contributed by atoms with Gasteiger partial charge in [0.05, 0.1) is 5.56 Å². The summed E-state index contributed by atoms with van der Waals surface area (Å²) in [7, 11) is 0. The molecule has 0 atom stereocenters. The Hall–Kier alpha value is -1.91. The van der Waals surface area contributed by atoms with Crippen LogP contribution in [0.1, 0.15) is 48.0 Å². The lowest BCUT2D eigenvalue weighted by Crippen LogP contribution is -2.28. The fourth-order valence-electron chi connectivity index (χ4n) is 1.33. The molecule has 0 saturated heterocycles. The van der Waals surface area contributed by atoms with Crippen LogP contribution in [0.4, 0.5) is 0 Å². The van der Waals surface area contributed by atoms with Crippen molar-refractivity contribution >= 4 is 11.9 Å². The summed E-state index contributed by atoms with van der Waals surface area (Å²) in [6.07, 6.45) is 2.17. The van der Waals surface area contributed by atoms with E-state index in [4.69, 9.17) is 5.11 Å². The van der Waals surface area contributed by atoms with Gasteiger partial charge in [-0.2, -0.15) is 0 Å². The Labute approximate surface area is 106 Å². The Kier molecular flexibility index (Phi) is 4.42. The average Bonchev–Trinajstić information content (AvgIpc) is 2.27. The van der Waals surface area contributed by atoms with Crippen LogP contribution in [0.15, 0.2) is 18.3 Å². The highest BCUT2D eigenvalue weighted by Gasteiger charge is 2.13. The minimum Gasteiger partial charge on any atom is -0.478 e. The van der Waals surface area contributed by atoms with E-state index in [9.17, 15) is 9.59 Å². The third kappa shape index (κ3) is 4.53. The monoisotopic (exact) mass is 250 g/mol. The zero-order chi connectivity index (χ0) is 13.8. The number of nitrogens with zero attached hydrogens (tertiary/aromatic N) is 1. The molecule has 5 heteroatoms. The van der Waals surface area contributed by atoms with Crippen molar-refractivity contribution in [3.05, 3.63) is 29.6 Å². The molecular weight excluding hydrogens is 232 g/mol. The molecular formula is C13H18N2O3. The third-order valence-electron chi connectivity index (χ3n) is 2.40. The second-order valence-electron chi connectivity index (χ2n) is 5.30. The van der Waals surface area contributed by atoms with Crippen LogP contribution in [0.2, 0.25) is 0 Å². The van der Waals surface area contributed by atoms with E-state index in [1.165, 1.54) is 18.3 Å². The van der Waals surface area contributed by atoms with Gasteiger partial charge in [0.15, 0.2) is 0 Å². The van der Waals surface area contributed by atoms with Crippen molar-refractivity contribution in [2.45, 2.75) is 27.2 Å². The SMILES string of the molecule is CC(C)(C)CCNC(=O)c1cc(C(=O)O)ccn1. The van der Waals surface area contributed by atoms with E-state index in [-0.39, 0.29) is 22.6 Å². The zero-order valence-electron chi connectivity index (χ0n) is 10.9. The van der Waals surface area contributed by atoms with Gasteiger partial charge < -0.3 is 10.4 Å². The van der Waals surface area contributed by atoms with Crippen LogP contribution >= 0.6 is 0 Å². The quantitative estimate of drug-likeness (QED) is 0.856. The molecule has 0 aliphatic rings. The molecule has 0 aliphatic heterocycles. The first-order valence-corrected chi connectivity index (χ1v) is 5.77. The van der Waals surface area contributed by atoms with Crippen molar-refractivity contribution in [3.8, 4) is 0 Å². The van der Waals surface area contributed by atoms with Gasteiger partial charge in [-0.3, -0.25) is 9.78 Å². The molecule has 1 amide bonds. The van der Waals surface area contributed by atoms with Crippen LogP contribution in [0.5, 0.6) is 0 Å². The molecule has 98 valence electrons. The third-order valence-corrected chi connectivity index (χ3v) is 2.40. The van der Waals surface area contributed by atoms with E-state index < -0.39 is 5.97 Å². The number of carbonyl (C=O) groups excluding carboxylic acids is 1. The fourth-order valence-corrected chi connectivity index (χ4v) is 1.33. The lowest BCUT2D eigenvalue weighted by Gasteiger charge is -2.17. The molecule has 2 N–H and O–H groups in total. The second-order valence-corrected chi connectivity index (χ2v) is 5.30. The van der Waals surface area contributed by atoms with Crippen LogP contribution < -0.4 is 5.32 Å². The topological polar surface area (TPSA) is 79.3 Å². The van der Waals surface area contributed by atoms with Gasteiger partial charge >= 0.3 is 5.97 Å². The zero-order valence-corrected chi connectivity index (χ0v) is 10.9. The molecule has 0 fully saturated rings. The van der Waals surface area contributed by atoms with Gasteiger partial charge in [0, 0.05) is 12.7 Å². The van der Waals surface area contributed by atoms with Crippen LogP contribution in [-0.2, 0) is 0 Å². The first-order chi connectivity index (χ1) is 8.29. The van der Waals surface area contributed by atoms with E-state index in [2.05, 4.69) is 31.1 Å². The molecule has 1 aromatic heterocycles. The maximum Gasteiger partial charge on any atom is 0.335 e. The van der Waals surface area contributed by atoms with Gasteiger partial charge in [0.25, 0.3) is 5.91 Å². The van der Waals surface area contributed by atoms with Crippen LogP contribution in [-0.4, -0.2) is 28.5 Å². The highest BCUT2D eigenvalue weighted by molar-refractivity contribution is 5.95. The highest BCUT2D eigenvalue weighted by Crippen LogP contribution is 2.17. The smallest absolute Gasteiger partial charge is 0.335 e. The second kappa shape index (κ2) is 5.62. The molecule has 0 unspecified atom stereocenters. The van der Waals surface area contributed by atoms with Crippen LogP contribution in [0.3, 0.4) is 0 Å². The Balaban J connectivity index is 2.62. The molecule has 5 nitrogen and oxygen atoms in total. The highest BCUT2D eigenvalue weighted by atomic mass is 16.4. The van der Waals surface area contributed by atoms with Crippen molar-refractivity contribution in [1.82, 2.24) is 10.3 Å². The van der Waals surface area contributed by atoms with Gasteiger partial charge in [-0.15, -0.1) is 0 Å². The summed E-state index contributed by atoms with van der Waals surface area (Å²) in [5.41, 5.74) is 0.332. The molecule has 18 heavy (non-hydrogen) atoms. The Morgan fingerprint density at radius 1 is 1.39 bits per heavy atom. The van der Waals surface area contributed by atoms with Gasteiger partial charge in [-0.05, 0) is 24.0 Å². The van der Waals surface area contributed by atoms with Gasteiger partial charge in [0.1, 0.15) is 5.69 Å². The number of hydrogen-bond acceptors (Lipinski definition) is 3. The number of aromatic carboxylic acids is 1. The van der Waals surface area contributed by atoms with Crippen LogP contribution in [0.25, 0.3) is 0 Å². The number of nitrogens with one attached hydrogen (secondary N) is 1. The predicted octanol–water partition coefficient (Wildman–Crippen LogP) is 1.95. The first-order valence-electron chi connectivity index (χ1n) is 5.77. The maximum atomic E-state index is 11.7. The summed E-state index contributed by atoms with van der Waals surface area (Å²) in [6.45, 7) is 6.80. The maximum absolute atomic E-state index is 11.7. The van der Waals surface area contributed by atoms with Crippen molar-refractivity contribution in [2.75, 3.05) is 6.54 Å². The van der Waals surface area contributed by atoms with Crippen molar-refractivity contribution < 1.29 is 14.7 Å². The fraction of sp³-hybridized carbons (Fsp3) is 0.462. The van der Waals surface area contributed by atoms with E-state index in [0.29, 0.717) is 6.54 Å². The number of hydrogen-bond donors (Lipinski definition) is 2. The number of pyridine rings is 1. The standard InChI is InChI=1S/C13H18N2O3/c1-13(2,3)5-7-15-11(16)10-8-9(12(17)18)4-6-14-10/h4,6,8H,5,7H2,1-3H3,(H,15,16)(H,17,18). The van der Waals surface area contributed by atoms with Crippen molar-refractivity contribution in [1.29, 1.82) is 0 Å². The number of rotatable bonds is 4. The van der Waals surface area contributed by atoms with E-state index in [1.807, 2.05) is 0 Å². The summed E-state index contributed by atoms with van der Waals surface area (Å²) < 4.78 is 0. The van der Waals surface area contributed by atoms with Gasteiger partial charge in [-0.25, -0.2) is 4.79 Å². The number of carboxylic acid groups (broad SMARTS) is 1. The minimum absolute atomic E-state index is 0.0611.